The Kier molecular flexibility index (Phi) is 5.85. The minimum atomic E-state index is 0.321. The van der Waals surface area contributed by atoms with E-state index in [-0.39, 0.29) is 0 Å². The van der Waals surface area contributed by atoms with Crippen molar-refractivity contribution < 1.29 is 0 Å². The first-order chi connectivity index (χ1) is 9.58. The molecule has 2 nitrogen and oxygen atoms in total. The van der Waals surface area contributed by atoms with Gasteiger partial charge in [0.2, 0.25) is 0 Å². The van der Waals surface area contributed by atoms with Crippen LogP contribution in [0.5, 0.6) is 0 Å². The maximum Gasteiger partial charge on any atom is 0.0943 e. The molecule has 2 rings (SSSR count). The molecule has 0 saturated carbocycles. The molecule has 0 aliphatic heterocycles. The zero-order valence-electron chi connectivity index (χ0n) is 11.6. The van der Waals surface area contributed by atoms with Gasteiger partial charge in [0.1, 0.15) is 0 Å². The van der Waals surface area contributed by atoms with E-state index in [1.165, 1.54) is 0 Å². The number of halogens is 2. The maximum atomic E-state index is 6.25. The third-order valence-corrected chi connectivity index (χ3v) is 4.65. The van der Waals surface area contributed by atoms with Gasteiger partial charge in [0, 0.05) is 33.6 Å². The van der Waals surface area contributed by atoms with Crippen molar-refractivity contribution in [1.29, 1.82) is 0 Å². The van der Waals surface area contributed by atoms with Crippen molar-refractivity contribution in [1.82, 2.24) is 10.3 Å². The second-order valence-corrected chi connectivity index (χ2v) is 6.57. The third kappa shape index (κ3) is 4.45. The summed E-state index contributed by atoms with van der Waals surface area (Å²) in [5.41, 5.74) is 2.17. The molecule has 1 atom stereocenters. The minimum Gasteiger partial charge on any atom is -0.314 e. The molecule has 2 aromatic rings. The van der Waals surface area contributed by atoms with E-state index >= 15 is 0 Å². The minimum absolute atomic E-state index is 0.321. The summed E-state index contributed by atoms with van der Waals surface area (Å²) in [6.45, 7) is 5.06. The lowest BCUT2D eigenvalue weighted by atomic mass is 10.0. The van der Waals surface area contributed by atoms with Crippen molar-refractivity contribution in [3.8, 4) is 0 Å². The van der Waals surface area contributed by atoms with Crippen LogP contribution in [-0.4, -0.2) is 17.6 Å². The Labute approximate surface area is 134 Å². The van der Waals surface area contributed by atoms with Crippen LogP contribution in [0.2, 0.25) is 10.0 Å². The zero-order valence-corrected chi connectivity index (χ0v) is 13.9. The SMILES string of the molecule is CCNC(Cc1nc(C)cs1)Cc1cc(Cl)ccc1Cl. The Hall–Kier alpha value is -0.610. The lowest BCUT2D eigenvalue weighted by Crippen LogP contribution is -2.33. The van der Waals surface area contributed by atoms with Gasteiger partial charge in [-0.1, -0.05) is 30.1 Å². The summed E-state index contributed by atoms with van der Waals surface area (Å²) in [6, 6.07) is 5.94. The number of aryl methyl sites for hydroxylation is 1. The molecule has 0 aliphatic rings. The van der Waals surface area contributed by atoms with Gasteiger partial charge in [0.15, 0.2) is 0 Å². The topological polar surface area (TPSA) is 24.9 Å². The fourth-order valence-electron chi connectivity index (χ4n) is 2.18. The number of hydrogen-bond acceptors (Lipinski definition) is 3. The summed E-state index contributed by atoms with van der Waals surface area (Å²) in [6.07, 6.45) is 1.76. The van der Waals surface area contributed by atoms with Crippen molar-refractivity contribution in [2.75, 3.05) is 6.54 Å². The van der Waals surface area contributed by atoms with Crippen LogP contribution < -0.4 is 5.32 Å². The van der Waals surface area contributed by atoms with Crippen molar-refractivity contribution in [2.45, 2.75) is 32.7 Å². The van der Waals surface area contributed by atoms with Crippen LogP contribution in [0.4, 0.5) is 0 Å². The number of likely N-dealkylation sites (N-methyl/N-ethyl adjacent to an activating group) is 1. The fourth-order valence-corrected chi connectivity index (χ4v) is 3.42. The molecule has 0 aliphatic carbocycles. The fraction of sp³-hybridized carbons (Fsp3) is 0.400. The molecule has 20 heavy (non-hydrogen) atoms. The molecule has 1 aromatic carbocycles. The van der Waals surface area contributed by atoms with E-state index < -0.39 is 0 Å². The van der Waals surface area contributed by atoms with E-state index in [0.29, 0.717) is 6.04 Å². The van der Waals surface area contributed by atoms with Crippen molar-refractivity contribution >= 4 is 34.5 Å². The van der Waals surface area contributed by atoms with Crippen LogP contribution >= 0.6 is 34.5 Å². The van der Waals surface area contributed by atoms with Gasteiger partial charge in [-0.25, -0.2) is 4.98 Å². The van der Waals surface area contributed by atoms with Gasteiger partial charge in [-0.3, -0.25) is 0 Å². The highest BCUT2D eigenvalue weighted by atomic mass is 35.5. The van der Waals surface area contributed by atoms with Crippen LogP contribution in [0.1, 0.15) is 23.2 Å². The molecule has 0 bridgehead atoms. The Balaban J connectivity index is 2.10. The van der Waals surface area contributed by atoms with E-state index in [0.717, 1.165) is 45.7 Å². The summed E-state index contributed by atoms with van der Waals surface area (Å²) in [7, 11) is 0. The first-order valence-electron chi connectivity index (χ1n) is 6.66. The second-order valence-electron chi connectivity index (χ2n) is 4.78. The average molecular weight is 329 g/mol. The van der Waals surface area contributed by atoms with Gasteiger partial charge in [-0.2, -0.15) is 0 Å². The first kappa shape index (κ1) is 15.8. The molecule has 0 saturated heterocycles. The molecule has 5 heteroatoms. The van der Waals surface area contributed by atoms with E-state index in [9.17, 15) is 0 Å². The van der Waals surface area contributed by atoms with E-state index in [4.69, 9.17) is 23.2 Å². The van der Waals surface area contributed by atoms with Gasteiger partial charge in [-0.05, 0) is 43.7 Å². The van der Waals surface area contributed by atoms with Crippen molar-refractivity contribution in [2.24, 2.45) is 0 Å². The van der Waals surface area contributed by atoms with Gasteiger partial charge in [0.05, 0.1) is 5.01 Å². The zero-order chi connectivity index (χ0) is 14.5. The monoisotopic (exact) mass is 328 g/mol. The highest BCUT2D eigenvalue weighted by Gasteiger charge is 2.14. The van der Waals surface area contributed by atoms with Gasteiger partial charge in [-0.15, -0.1) is 11.3 Å². The molecule has 0 spiro atoms. The van der Waals surface area contributed by atoms with Gasteiger partial charge in [0.25, 0.3) is 0 Å². The van der Waals surface area contributed by atoms with Crippen LogP contribution in [0.3, 0.4) is 0 Å². The second kappa shape index (κ2) is 7.41. The predicted octanol–water partition coefficient (Wildman–Crippen LogP) is 4.52. The van der Waals surface area contributed by atoms with Gasteiger partial charge < -0.3 is 5.32 Å². The predicted molar refractivity (Wildman–Crippen MR) is 88.2 cm³/mol. The maximum absolute atomic E-state index is 6.25. The number of aromatic nitrogens is 1. The summed E-state index contributed by atoms with van der Waals surface area (Å²) >= 11 is 14.0. The molecule has 0 amide bonds. The number of benzene rings is 1. The number of nitrogens with one attached hydrogen (secondary N) is 1. The van der Waals surface area contributed by atoms with Crippen LogP contribution in [0.25, 0.3) is 0 Å². The number of thiazole rings is 1. The lowest BCUT2D eigenvalue weighted by Gasteiger charge is -2.17. The van der Waals surface area contributed by atoms with E-state index in [2.05, 4.69) is 22.6 Å². The Morgan fingerprint density at radius 3 is 2.75 bits per heavy atom. The molecule has 108 valence electrons. The summed E-state index contributed by atoms with van der Waals surface area (Å²) in [5, 5.41) is 8.24. The number of rotatable bonds is 6. The van der Waals surface area contributed by atoms with Crippen LogP contribution in [0, 0.1) is 6.92 Å². The molecular weight excluding hydrogens is 311 g/mol. The Bertz CT molecular complexity index is 569. The number of hydrogen-bond donors (Lipinski definition) is 1. The molecule has 1 heterocycles. The Morgan fingerprint density at radius 2 is 2.10 bits per heavy atom. The molecule has 1 aromatic heterocycles. The van der Waals surface area contributed by atoms with E-state index in [1.54, 1.807) is 11.3 Å². The van der Waals surface area contributed by atoms with Crippen molar-refractivity contribution in [3.05, 3.63) is 49.9 Å². The summed E-state index contributed by atoms with van der Waals surface area (Å²) in [4.78, 5) is 4.53. The molecule has 1 unspecified atom stereocenters. The van der Waals surface area contributed by atoms with Crippen molar-refractivity contribution in [3.63, 3.8) is 0 Å². The molecule has 0 fully saturated rings. The normalized spacial score (nSPS) is 12.6. The Morgan fingerprint density at radius 1 is 1.30 bits per heavy atom. The highest BCUT2D eigenvalue weighted by Crippen LogP contribution is 2.23. The third-order valence-electron chi connectivity index (χ3n) is 3.05. The highest BCUT2D eigenvalue weighted by molar-refractivity contribution is 7.09. The van der Waals surface area contributed by atoms with E-state index in [1.807, 2.05) is 25.1 Å². The smallest absolute Gasteiger partial charge is 0.0943 e. The average Bonchev–Trinajstić information content (AvgIpc) is 2.79. The summed E-state index contributed by atoms with van der Waals surface area (Å²) in [5.74, 6) is 0. The molecule has 0 radical (unpaired) electrons. The number of nitrogens with zero attached hydrogens (tertiary/aromatic N) is 1. The van der Waals surface area contributed by atoms with Crippen LogP contribution in [-0.2, 0) is 12.8 Å². The lowest BCUT2D eigenvalue weighted by molar-refractivity contribution is 0.520. The van der Waals surface area contributed by atoms with Gasteiger partial charge >= 0.3 is 0 Å². The molecule has 1 N–H and O–H groups in total. The largest absolute Gasteiger partial charge is 0.314 e. The molecular formula is C15H18Cl2N2S. The van der Waals surface area contributed by atoms with Crippen LogP contribution in [0.15, 0.2) is 23.6 Å². The first-order valence-corrected chi connectivity index (χ1v) is 8.30. The standard InChI is InChI=1S/C15H18Cl2N2S/c1-3-18-13(8-15-19-10(2)9-20-15)7-11-6-12(16)4-5-14(11)17/h4-6,9,13,18H,3,7-8H2,1-2H3. The summed E-state index contributed by atoms with van der Waals surface area (Å²) < 4.78 is 0. The quantitative estimate of drug-likeness (QED) is 0.843.